The highest BCUT2D eigenvalue weighted by Crippen LogP contribution is 2.26. The number of nitro groups is 1. The first kappa shape index (κ1) is 12.3. The average Bonchev–Trinajstić information content (AvgIpc) is 2.16. The number of hydrogen-bond acceptors (Lipinski definition) is 4. The summed E-state index contributed by atoms with van der Waals surface area (Å²) >= 11 is 0. The Morgan fingerprint density at radius 2 is 1.94 bits per heavy atom. The topological polar surface area (TPSA) is 80.4 Å². The maximum Gasteiger partial charge on any atom is 0.269 e. The van der Waals surface area contributed by atoms with Crippen molar-refractivity contribution >= 4 is 11.5 Å². The molecule has 86 valence electrons. The van der Waals surface area contributed by atoms with Gasteiger partial charge in [-0.3, -0.25) is 14.9 Å². The quantitative estimate of drug-likeness (QED) is 0.623. The van der Waals surface area contributed by atoms with Crippen LogP contribution in [0.15, 0.2) is 24.3 Å². The first-order chi connectivity index (χ1) is 7.33. The summed E-state index contributed by atoms with van der Waals surface area (Å²) in [6.07, 6.45) is -0.00912. The maximum atomic E-state index is 10.9. The standard InChI is InChI=1S/C11H13NO4/c1-8(13)7-11(2,14)9-3-5-10(6-4-9)12(15)16/h3-6,14H,7H2,1-2H3. The molecule has 1 rings (SSSR count). The zero-order chi connectivity index (χ0) is 12.3. The third-order valence-corrected chi connectivity index (χ3v) is 2.29. The zero-order valence-electron chi connectivity index (χ0n) is 9.14. The van der Waals surface area contributed by atoms with Gasteiger partial charge < -0.3 is 5.11 Å². The first-order valence-electron chi connectivity index (χ1n) is 4.79. The van der Waals surface area contributed by atoms with Crippen LogP contribution in [-0.4, -0.2) is 15.8 Å². The second-order valence-corrected chi connectivity index (χ2v) is 3.96. The van der Waals surface area contributed by atoms with Gasteiger partial charge in [-0.1, -0.05) is 0 Å². The number of rotatable bonds is 4. The third kappa shape index (κ3) is 2.87. The molecule has 0 radical (unpaired) electrons. The van der Waals surface area contributed by atoms with Crippen LogP contribution >= 0.6 is 0 Å². The van der Waals surface area contributed by atoms with Crippen molar-refractivity contribution < 1.29 is 14.8 Å². The largest absolute Gasteiger partial charge is 0.385 e. The van der Waals surface area contributed by atoms with Gasteiger partial charge in [0.2, 0.25) is 0 Å². The number of carbonyl (C=O) groups excluding carboxylic acids is 1. The molecule has 0 aromatic heterocycles. The number of Topliss-reactive ketones (excluding diaryl/α,β-unsaturated/α-hetero) is 1. The lowest BCUT2D eigenvalue weighted by molar-refractivity contribution is -0.384. The van der Waals surface area contributed by atoms with Crippen LogP contribution in [0.3, 0.4) is 0 Å². The average molecular weight is 223 g/mol. The first-order valence-corrected chi connectivity index (χ1v) is 4.79. The summed E-state index contributed by atoms with van der Waals surface area (Å²) in [5, 5.41) is 20.4. The fraction of sp³-hybridized carbons (Fsp3) is 0.364. The Balaban J connectivity index is 2.96. The Kier molecular flexibility index (Phi) is 3.39. The van der Waals surface area contributed by atoms with Crippen LogP contribution in [0.5, 0.6) is 0 Å². The molecule has 0 heterocycles. The van der Waals surface area contributed by atoms with E-state index >= 15 is 0 Å². The molecule has 0 aliphatic heterocycles. The third-order valence-electron chi connectivity index (χ3n) is 2.29. The number of carbonyl (C=O) groups is 1. The smallest absolute Gasteiger partial charge is 0.269 e. The van der Waals surface area contributed by atoms with Crippen LogP contribution in [-0.2, 0) is 10.4 Å². The molecule has 0 amide bonds. The number of nitrogens with zero attached hydrogens (tertiary/aromatic N) is 1. The highest BCUT2D eigenvalue weighted by molar-refractivity contribution is 5.76. The molecule has 5 heteroatoms. The fourth-order valence-corrected chi connectivity index (χ4v) is 1.53. The lowest BCUT2D eigenvalue weighted by atomic mass is 9.91. The minimum Gasteiger partial charge on any atom is -0.385 e. The van der Waals surface area contributed by atoms with Crippen LogP contribution in [0.1, 0.15) is 25.8 Å². The van der Waals surface area contributed by atoms with Crippen LogP contribution in [0.2, 0.25) is 0 Å². The van der Waals surface area contributed by atoms with Crippen molar-refractivity contribution in [3.05, 3.63) is 39.9 Å². The van der Waals surface area contributed by atoms with Crippen molar-refractivity contribution in [3.8, 4) is 0 Å². The van der Waals surface area contributed by atoms with Crippen molar-refractivity contribution in [1.29, 1.82) is 0 Å². The molecule has 5 nitrogen and oxygen atoms in total. The van der Waals surface area contributed by atoms with Crippen LogP contribution in [0.4, 0.5) is 5.69 Å². The molecule has 1 unspecified atom stereocenters. The summed E-state index contributed by atoms with van der Waals surface area (Å²) < 4.78 is 0. The van der Waals surface area contributed by atoms with Gasteiger partial charge in [-0.15, -0.1) is 0 Å². The maximum absolute atomic E-state index is 10.9. The van der Waals surface area contributed by atoms with Crippen molar-refractivity contribution in [3.63, 3.8) is 0 Å². The number of ketones is 1. The predicted molar refractivity (Wildman–Crippen MR) is 58.0 cm³/mol. The minimum absolute atomic E-state index is 0.00912. The molecule has 16 heavy (non-hydrogen) atoms. The van der Waals surface area contributed by atoms with E-state index in [0.29, 0.717) is 5.56 Å². The molecule has 0 aliphatic carbocycles. The van der Waals surface area contributed by atoms with Crippen molar-refractivity contribution in [2.45, 2.75) is 25.9 Å². The summed E-state index contributed by atoms with van der Waals surface area (Å²) in [6.45, 7) is 2.90. The monoisotopic (exact) mass is 223 g/mol. The Bertz CT molecular complexity index is 408. The summed E-state index contributed by atoms with van der Waals surface area (Å²) in [7, 11) is 0. The van der Waals surface area contributed by atoms with Crippen LogP contribution in [0.25, 0.3) is 0 Å². The van der Waals surface area contributed by atoms with E-state index in [2.05, 4.69) is 0 Å². The van der Waals surface area contributed by atoms with Gasteiger partial charge in [0.05, 0.1) is 10.5 Å². The Labute approximate surface area is 92.9 Å². The van der Waals surface area contributed by atoms with Crippen molar-refractivity contribution in [1.82, 2.24) is 0 Å². The molecule has 1 aromatic rings. The van der Waals surface area contributed by atoms with E-state index in [1.165, 1.54) is 38.1 Å². The van der Waals surface area contributed by atoms with E-state index in [4.69, 9.17) is 0 Å². The normalized spacial score (nSPS) is 14.2. The lowest BCUT2D eigenvalue weighted by Crippen LogP contribution is -2.24. The Hall–Kier alpha value is -1.75. The molecule has 0 bridgehead atoms. The van der Waals surface area contributed by atoms with Crippen molar-refractivity contribution in [2.24, 2.45) is 0 Å². The highest BCUT2D eigenvalue weighted by atomic mass is 16.6. The predicted octanol–water partition coefficient (Wildman–Crippen LogP) is 1.78. The molecule has 1 aromatic carbocycles. The highest BCUT2D eigenvalue weighted by Gasteiger charge is 2.25. The van der Waals surface area contributed by atoms with Gasteiger partial charge in [0.25, 0.3) is 5.69 Å². The molecule has 0 fully saturated rings. The zero-order valence-corrected chi connectivity index (χ0v) is 9.14. The number of aliphatic hydroxyl groups is 1. The SMILES string of the molecule is CC(=O)CC(C)(O)c1ccc([N+](=O)[O-])cc1. The summed E-state index contributed by atoms with van der Waals surface area (Å²) in [6, 6.07) is 5.54. The van der Waals surface area contributed by atoms with E-state index in [0.717, 1.165) is 0 Å². The lowest BCUT2D eigenvalue weighted by Gasteiger charge is -2.22. The molecule has 0 spiro atoms. The number of hydrogen-bond donors (Lipinski definition) is 1. The van der Waals surface area contributed by atoms with Gasteiger partial charge in [0.15, 0.2) is 0 Å². The van der Waals surface area contributed by atoms with E-state index in [-0.39, 0.29) is 17.9 Å². The molecular weight excluding hydrogens is 210 g/mol. The molecular formula is C11H13NO4. The molecule has 0 saturated heterocycles. The van der Waals surface area contributed by atoms with Crippen molar-refractivity contribution in [2.75, 3.05) is 0 Å². The second kappa shape index (κ2) is 4.40. The van der Waals surface area contributed by atoms with Gasteiger partial charge in [-0.05, 0) is 31.5 Å². The molecule has 0 saturated carbocycles. The van der Waals surface area contributed by atoms with E-state index < -0.39 is 10.5 Å². The summed E-state index contributed by atoms with van der Waals surface area (Å²) in [5.74, 6) is -0.136. The van der Waals surface area contributed by atoms with Gasteiger partial charge in [0, 0.05) is 18.6 Å². The number of non-ortho nitro benzene ring substituents is 1. The Morgan fingerprint density at radius 1 is 1.44 bits per heavy atom. The van der Waals surface area contributed by atoms with Crippen LogP contribution in [0, 0.1) is 10.1 Å². The van der Waals surface area contributed by atoms with Gasteiger partial charge in [-0.25, -0.2) is 0 Å². The number of nitro benzene ring substituents is 1. The van der Waals surface area contributed by atoms with Gasteiger partial charge >= 0.3 is 0 Å². The van der Waals surface area contributed by atoms with Gasteiger partial charge in [-0.2, -0.15) is 0 Å². The molecule has 1 atom stereocenters. The minimum atomic E-state index is -1.28. The van der Waals surface area contributed by atoms with E-state index in [9.17, 15) is 20.0 Å². The van der Waals surface area contributed by atoms with Gasteiger partial charge in [0.1, 0.15) is 5.78 Å². The summed E-state index contributed by atoms with van der Waals surface area (Å²) in [4.78, 5) is 20.9. The summed E-state index contributed by atoms with van der Waals surface area (Å²) in [5.41, 5.74) is -0.822. The number of benzene rings is 1. The molecule has 0 aliphatic rings. The fourth-order valence-electron chi connectivity index (χ4n) is 1.53. The van der Waals surface area contributed by atoms with E-state index in [1.807, 2.05) is 0 Å². The molecule has 1 N–H and O–H groups in total. The Morgan fingerprint density at radius 3 is 2.31 bits per heavy atom. The van der Waals surface area contributed by atoms with Crippen LogP contribution < -0.4 is 0 Å². The van der Waals surface area contributed by atoms with E-state index in [1.54, 1.807) is 0 Å². The second-order valence-electron chi connectivity index (χ2n) is 3.96.